The zero-order chi connectivity index (χ0) is 11.3. The molecule has 0 radical (unpaired) electrons. The molecule has 1 amide bonds. The molecule has 0 aromatic heterocycles. The van der Waals surface area contributed by atoms with E-state index in [2.05, 4.69) is 5.32 Å². The van der Waals surface area contributed by atoms with E-state index in [0.717, 1.165) is 32.5 Å². The van der Waals surface area contributed by atoms with Gasteiger partial charge in [0, 0.05) is 24.7 Å². The maximum absolute atomic E-state index is 11.9. The number of nitrogens with one attached hydrogen (secondary N) is 1. The number of nitrogens with two attached hydrogens (primary N) is 1. The molecule has 0 aliphatic carbocycles. The Balaban J connectivity index is 2.39. The molecular weight excluding hydrogens is 192 g/mol. The van der Waals surface area contributed by atoms with E-state index in [9.17, 15) is 4.79 Å². The molecule has 3 N–H and O–H groups in total. The summed E-state index contributed by atoms with van der Waals surface area (Å²) in [6.45, 7) is 5.93. The molecule has 0 unspecified atom stereocenters. The fraction of sp³-hybridized carbons (Fsp3) is 0.909. The van der Waals surface area contributed by atoms with Gasteiger partial charge in [-0.05, 0) is 25.8 Å². The van der Waals surface area contributed by atoms with Crippen molar-refractivity contribution in [3.63, 3.8) is 0 Å². The Kier molecular flexibility index (Phi) is 4.54. The Morgan fingerprint density at radius 1 is 1.47 bits per heavy atom. The van der Waals surface area contributed by atoms with Crippen LogP contribution in [0.15, 0.2) is 0 Å². The Morgan fingerprint density at radius 3 is 2.60 bits per heavy atom. The summed E-state index contributed by atoms with van der Waals surface area (Å²) in [5.74, 6) is 0.111. The largest absolute Gasteiger partial charge is 0.381 e. The maximum atomic E-state index is 11.9. The van der Waals surface area contributed by atoms with E-state index >= 15 is 0 Å². The lowest BCUT2D eigenvalue weighted by atomic mass is 9.87. The molecule has 1 rings (SSSR count). The second-order valence-electron chi connectivity index (χ2n) is 4.78. The average molecular weight is 214 g/mol. The number of ether oxygens (including phenoxy) is 1. The minimum absolute atomic E-state index is 0.111. The highest BCUT2D eigenvalue weighted by Gasteiger charge is 2.28. The fourth-order valence-electron chi connectivity index (χ4n) is 1.70. The van der Waals surface area contributed by atoms with E-state index < -0.39 is 0 Å². The highest BCUT2D eigenvalue weighted by atomic mass is 16.5. The summed E-state index contributed by atoms with van der Waals surface area (Å²) in [4.78, 5) is 11.9. The van der Waals surface area contributed by atoms with Crippen LogP contribution in [0.3, 0.4) is 0 Å². The van der Waals surface area contributed by atoms with Crippen molar-refractivity contribution < 1.29 is 9.53 Å². The van der Waals surface area contributed by atoms with Crippen molar-refractivity contribution in [1.82, 2.24) is 5.32 Å². The van der Waals surface area contributed by atoms with Crippen molar-refractivity contribution in [2.45, 2.75) is 39.2 Å². The summed E-state index contributed by atoms with van der Waals surface area (Å²) in [6, 6.07) is 0.281. The van der Waals surface area contributed by atoms with Crippen molar-refractivity contribution in [2.24, 2.45) is 11.1 Å². The first-order chi connectivity index (χ1) is 7.06. The standard InChI is InChI=1S/C11H22N2O2/c1-11(2,5-6-12)10(14)13-9-3-7-15-8-4-9/h9H,3-8,12H2,1-2H3,(H,13,14). The van der Waals surface area contributed by atoms with Gasteiger partial charge in [0.15, 0.2) is 0 Å². The monoisotopic (exact) mass is 214 g/mol. The van der Waals surface area contributed by atoms with E-state index in [4.69, 9.17) is 10.5 Å². The first-order valence-electron chi connectivity index (χ1n) is 5.65. The van der Waals surface area contributed by atoms with E-state index in [1.54, 1.807) is 0 Å². The predicted molar refractivity (Wildman–Crippen MR) is 59.4 cm³/mol. The quantitative estimate of drug-likeness (QED) is 0.722. The van der Waals surface area contributed by atoms with Crippen LogP contribution in [0, 0.1) is 5.41 Å². The zero-order valence-corrected chi connectivity index (χ0v) is 9.71. The minimum Gasteiger partial charge on any atom is -0.381 e. The second-order valence-corrected chi connectivity index (χ2v) is 4.78. The minimum atomic E-state index is -0.354. The lowest BCUT2D eigenvalue weighted by molar-refractivity contribution is -0.130. The van der Waals surface area contributed by atoms with Crippen LogP contribution in [0.25, 0.3) is 0 Å². The van der Waals surface area contributed by atoms with Gasteiger partial charge in [0.1, 0.15) is 0 Å². The first kappa shape index (κ1) is 12.5. The topological polar surface area (TPSA) is 64.4 Å². The van der Waals surface area contributed by atoms with E-state index in [1.807, 2.05) is 13.8 Å². The van der Waals surface area contributed by atoms with Gasteiger partial charge in [-0.15, -0.1) is 0 Å². The van der Waals surface area contributed by atoms with Crippen molar-refractivity contribution in [2.75, 3.05) is 19.8 Å². The van der Waals surface area contributed by atoms with Crippen LogP contribution < -0.4 is 11.1 Å². The third-order valence-electron chi connectivity index (χ3n) is 2.94. The van der Waals surface area contributed by atoms with Gasteiger partial charge in [0.25, 0.3) is 0 Å². The molecule has 0 atom stereocenters. The number of hydrogen-bond donors (Lipinski definition) is 2. The number of hydrogen-bond acceptors (Lipinski definition) is 3. The smallest absolute Gasteiger partial charge is 0.225 e. The average Bonchev–Trinajstić information content (AvgIpc) is 2.19. The van der Waals surface area contributed by atoms with Crippen LogP contribution in [0.1, 0.15) is 33.1 Å². The Labute approximate surface area is 91.5 Å². The molecule has 0 saturated carbocycles. The molecule has 4 heteroatoms. The van der Waals surface area contributed by atoms with Crippen molar-refractivity contribution >= 4 is 5.91 Å². The molecule has 1 fully saturated rings. The van der Waals surface area contributed by atoms with Gasteiger partial charge < -0.3 is 15.8 Å². The summed E-state index contributed by atoms with van der Waals surface area (Å²) in [5, 5.41) is 3.07. The summed E-state index contributed by atoms with van der Waals surface area (Å²) in [6.07, 6.45) is 2.57. The van der Waals surface area contributed by atoms with Gasteiger partial charge in [0.05, 0.1) is 0 Å². The predicted octanol–water partition coefficient (Wildman–Crippen LogP) is 0.657. The van der Waals surface area contributed by atoms with Gasteiger partial charge in [-0.25, -0.2) is 0 Å². The van der Waals surface area contributed by atoms with Crippen LogP contribution in [-0.2, 0) is 9.53 Å². The Bertz CT molecular complexity index is 211. The van der Waals surface area contributed by atoms with Crippen LogP contribution in [0.2, 0.25) is 0 Å². The molecule has 0 spiro atoms. The van der Waals surface area contributed by atoms with Crippen molar-refractivity contribution in [3.05, 3.63) is 0 Å². The third-order valence-corrected chi connectivity index (χ3v) is 2.94. The molecule has 1 heterocycles. The molecule has 0 aromatic carbocycles. The fourth-order valence-corrected chi connectivity index (χ4v) is 1.70. The first-order valence-corrected chi connectivity index (χ1v) is 5.65. The lowest BCUT2D eigenvalue weighted by Crippen LogP contribution is -2.45. The number of amides is 1. The van der Waals surface area contributed by atoms with Gasteiger partial charge in [-0.2, -0.15) is 0 Å². The Morgan fingerprint density at radius 2 is 2.07 bits per heavy atom. The summed E-state index contributed by atoms with van der Waals surface area (Å²) in [7, 11) is 0. The second kappa shape index (κ2) is 5.47. The van der Waals surface area contributed by atoms with Gasteiger partial charge in [-0.3, -0.25) is 4.79 Å². The van der Waals surface area contributed by atoms with E-state index in [1.165, 1.54) is 0 Å². The highest BCUT2D eigenvalue weighted by molar-refractivity contribution is 5.82. The molecule has 15 heavy (non-hydrogen) atoms. The van der Waals surface area contributed by atoms with E-state index in [-0.39, 0.29) is 17.4 Å². The molecule has 1 saturated heterocycles. The van der Waals surface area contributed by atoms with Crippen LogP contribution in [-0.4, -0.2) is 31.7 Å². The molecular formula is C11H22N2O2. The highest BCUT2D eigenvalue weighted by Crippen LogP contribution is 2.20. The number of carbonyl (C=O) groups is 1. The molecule has 4 nitrogen and oxygen atoms in total. The SMILES string of the molecule is CC(C)(CCN)C(=O)NC1CCOCC1. The van der Waals surface area contributed by atoms with E-state index in [0.29, 0.717) is 6.54 Å². The van der Waals surface area contributed by atoms with Gasteiger partial charge in [-0.1, -0.05) is 13.8 Å². The van der Waals surface area contributed by atoms with Crippen molar-refractivity contribution in [1.29, 1.82) is 0 Å². The third kappa shape index (κ3) is 3.80. The summed E-state index contributed by atoms with van der Waals surface area (Å²) < 4.78 is 5.24. The van der Waals surface area contributed by atoms with Crippen molar-refractivity contribution in [3.8, 4) is 0 Å². The molecule has 0 bridgehead atoms. The summed E-state index contributed by atoms with van der Waals surface area (Å²) >= 11 is 0. The lowest BCUT2D eigenvalue weighted by Gasteiger charge is -2.29. The normalized spacial score (nSPS) is 18.9. The number of rotatable bonds is 4. The van der Waals surface area contributed by atoms with Crippen LogP contribution in [0.4, 0.5) is 0 Å². The number of carbonyl (C=O) groups excluding carboxylic acids is 1. The zero-order valence-electron chi connectivity index (χ0n) is 9.71. The maximum Gasteiger partial charge on any atom is 0.225 e. The van der Waals surface area contributed by atoms with Crippen LogP contribution >= 0.6 is 0 Å². The summed E-state index contributed by atoms with van der Waals surface area (Å²) in [5.41, 5.74) is 5.13. The molecule has 1 aliphatic heterocycles. The van der Waals surface area contributed by atoms with Gasteiger partial charge >= 0.3 is 0 Å². The van der Waals surface area contributed by atoms with Crippen LogP contribution in [0.5, 0.6) is 0 Å². The molecule has 0 aromatic rings. The Hall–Kier alpha value is -0.610. The molecule has 1 aliphatic rings. The molecule has 88 valence electrons. The van der Waals surface area contributed by atoms with Gasteiger partial charge in [0.2, 0.25) is 5.91 Å².